The Hall–Kier alpha value is -0.120. The van der Waals surface area contributed by atoms with Crippen LogP contribution in [0.1, 0.15) is 71.1 Å². The Morgan fingerprint density at radius 1 is 1.05 bits per heavy atom. The van der Waals surface area contributed by atoms with Gasteiger partial charge in [-0.05, 0) is 57.5 Å². The van der Waals surface area contributed by atoms with Crippen molar-refractivity contribution in [3.63, 3.8) is 0 Å². The first kappa shape index (κ1) is 17.2. The Morgan fingerprint density at radius 2 is 1.86 bits per heavy atom. The van der Waals surface area contributed by atoms with Gasteiger partial charge in [0.05, 0.1) is 0 Å². The zero-order valence-electron chi connectivity index (χ0n) is 14.0. The molecule has 2 rings (SSSR count). The lowest BCUT2D eigenvalue weighted by atomic mass is 9.91. The average Bonchev–Trinajstić information content (AvgIpc) is 2.73. The Labute approximate surface area is 131 Å². The van der Waals surface area contributed by atoms with E-state index >= 15 is 0 Å². The topological polar surface area (TPSA) is 35.5 Å². The number of aliphatic hydroxyl groups excluding tert-OH is 1. The van der Waals surface area contributed by atoms with Crippen molar-refractivity contribution in [1.29, 1.82) is 0 Å². The molecule has 124 valence electrons. The number of rotatable bonds is 7. The molecule has 1 saturated heterocycles. The Kier molecular flexibility index (Phi) is 8.05. The third-order valence-electron chi connectivity index (χ3n) is 5.50. The van der Waals surface area contributed by atoms with Crippen LogP contribution in [0, 0.1) is 5.92 Å². The van der Waals surface area contributed by atoms with Crippen molar-refractivity contribution in [1.82, 2.24) is 10.2 Å². The van der Waals surface area contributed by atoms with Crippen LogP contribution in [0.2, 0.25) is 0 Å². The van der Waals surface area contributed by atoms with Gasteiger partial charge in [-0.1, -0.05) is 32.6 Å². The largest absolute Gasteiger partial charge is 0.396 e. The molecular formula is C18H36N2O. The highest BCUT2D eigenvalue weighted by Crippen LogP contribution is 2.28. The Bertz CT molecular complexity index is 270. The number of likely N-dealkylation sites (tertiary alicyclic amines) is 1. The Balaban J connectivity index is 1.91. The van der Waals surface area contributed by atoms with Crippen LogP contribution >= 0.6 is 0 Å². The molecule has 0 aromatic carbocycles. The normalized spacial score (nSPS) is 32.0. The van der Waals surface area contributed by atoms with Gasteiger partial charge in [0, 0.05) is 25.2 Å². The van der Waals surface area contributed by atoms with Gasteiger partial charge in [-0.3, -0.25) is 4.90 Å². The van der Waals surface area contributed by atoms with Crippen molar-refractivity contribution in [2.75, 3.05) is 26.2 Å². The van der Waals surface area contributed by atoms with Crippen LogP contribution in [-0.2, 0) is 0 Å². The van der Waals surface area contributed by atoms with Crippen LogP contribution < -0.4 is 5.32 Å². The third kappa shape index (κ3) is 5.54. The minimum Gasteiger partial charge on any atom is -0.396 e. The molecule has 21 heavy (non-hydrogen) atoms. The lowest BCUT2D eigenvalue weighted by molar-refractivity contribution is 0.0906. The fourth-order valence-corrected chi connectivity index (χ4v) is 4.28. The van der Waals surface area contributed by atoms with Crippen molar-refractivity contribution < 1.29 is 5.11 Å². The molecule has 0 aromatic rings. The lowest BCUT2D eigenvalue weighted by Gasteiger charge is -2.39. The van der Waals surface area contributed by atoms with Gasteiger partial charge in [-0.15, -0.1) is 0 Å². The van der Waals surface area contributed by atoms with Gasteiger partial charge in [0.1, 0.15) is 0 Å². The maximum absolute atomic E-state index is 9.32. The summed E-state index contributed by atoms with van der Waals surface area (Å²) in [7, 11) is 0. The van der Waals surface area contributed by atoms with E-state index in [1.807, 2.05) is 0 Å². The molecule has 2 fully saturated rings. The number of aliphatic hydroxyl groups is 1. The van der Waals surface area contributed by atoms with Crippen LogP contribution in [0.15, 0.2) is 0 Å². The van der Waals surface area contributed by atoms with E-state index in [4.69, 9.17) is 0 Å². The quantitative estimate of drug-likeness (QED) is 0.708. The number of nitrogens with one attached hydrogen (secondary N) is 1. The van der Waals surface area contributed by atoms with Crippen LogP contribution in [0.4, 0.5) is 0 Å². The zero-order valence-corrected chi connectivity index (χ0v) is 14.0. The standard InChI is InChI=1S/C18H36N2O/c1-2-12-19-18-10-5-3-4-8-16(18)15-20-13-7-6-9-17(20)11-14-21/h16-19,21H,2-15H2,1H3. The first-order chi connectivity index (χ1) is 10.3. The van der Waals surface area contributed by atoms with E-state index in [1.54, 1.807) is 0 Å². The van der Waals surface area contributed by atoms with Crippen LogP contribution in [0.25, 0.3) is 0 Å². The van der Waals surface area contributed by atoms with E-state index in [0.29, 0.717) is 12.6 Å². The van der Waals surface area contributed by atoms with Gasteiger partial charge in [0.15, 0.2) is 0 Å². The highest BCUT2D eigenvalue weighted by Gasteiger charge is 2.29. The maximum Gasteiger partial charge on any atom is 0.0445 e. The van der Waals surface area contributed by atoms with Crippen LogP contribution in [-0.4, -0.2) is 48.3 Å². The third-order valence-corrected chi connectivity index (χ3v) is 5.50. The van der Waals surface area contributed by atoms with E-state index in [9.17, 15) is 5.11 Å². The first-order valence-electron chi connectivity index (χ1n) is 9.43. The van der Waals surface area contributed by atoms with E-state index in [1.165, 1.54) is 77.4 Å². The second-order valence-electron chi connectivity index (χ2n) is 7.12. The summed E-state index contributed by atoms with van der Waals surface area (Å²) in [5.41, 5.74) is 0. The molecule has 1 heterocycles. The summed E-state index contributed by atoms with van der Waals surface area (Å²) in [6, 6.07) is 1.36. The van der Waals surface area contributed by atoms with E-state index in [0.717, 1.165) is 18.4 Å². The lowest BCUT2D eigenvalue weighted by Crippen LogP contribution is -2.47. The fraction of sp³-hybridized carbons (Fsp3) is 1.00. The maximum atomic E-state index is 9.32. The molecule has 3 heteroatoms. The molecule has 1 aliphatic heterocycles. The molecule has 0 amide bonds. The molecule has 3 nitrogen and oxygen atoms in total. The fourth-order valence-electron chi connectivity index (χ4n) is 4.28. The zero-order chi connectivity index (χ0) is 14.9. The predicted molar refractivity (Wildman–Crippen MR) is 89.6 cm³/mol. The minimum atomic E-state index is 0.351. The van der Waals surface area contributed by atoms with Gasteiger partial charge in [0.2, 0.25) is 0 Å². The van der Waals surface area contributed by atoms with Crippen molar-refractivity contribution >= 4 is 0 Å². The van der Waals surface area contributed by atoms with Crippen molar-refractivity contribution in [2.24, 2.45) is 5.92 Å². The predicted octanol–water partition coefficient (Wildman–Crippen LogP) is 3.17. The average molecular weight is 296 g/mol. The Morgan fingerprint density at radius 3 is 2.67 bits per heavy atom. The summed E-state index contributed by atoms with van der Waals surface area (Å²) < 4.78 is 0. The summed E-state index contributed by atoms with van der Waals surface area (Å²) in [5.74, 6) is 0.818. The number of piperidine rings is 1. The molecule has 2 aliphatic rings. The SMILES string of the molecule is CCCNC1CCCCCC1CN1CCCCC1CCO. The van der Waals surface area contributed by atoms with Gasteiger partial charge in [-0.2, -0.15) is 0 Å². The van der Waals surface area contributed by atoms with Crippen LogP contribution in [0.3, 0.4) is 0 Å². The molecule has 0 aromatic heterocycles. The monoisotopic (exact) mass is 296 g/mol. The molecule has 1 aliphatic carbocycles. The van der Waals surface area contributed by atoms with Crippen molar-refractivity contribution in [2.45, 2.75) is 83.2 Å². The highest BCUT2D eigenvalue weighted by molar-refractivity contribution is 4.85. The number of hydrogen-bond acceptors (Lipinski definition) is 3. The second kappa shape index (κ2) is 9.81. The number of hydrogen-bond donors (Lipinski definition) is 2. The summed E-state index contributed by atoms with van der Waals surface area (Å²) >= 11 is 0. The smallest absolute Gasteiger partial charge is 0.0445 e. The number of nitrogens with zero attached hydrogens (tertiary/aromatic N) is 1. The van der Waals surface area contributed by atoms with Crippen molar-refractivity contribution in [3.8, 4) is 0 Å². The summed E-state index contributed by atoms with van der Waals surface area (Å²) in [6.45, 7) is 6.29. The van der Waals surface area contributed by atoms with E-state index in [2.05, 4.69) is 17.1 Å². The second-order valence-corrected chi connectivity index (χ2v) is 7.12. The summed E-state index contributed by atoms with van der Waals surface area (Å²) in [6.07, 6.45) is 13.2. The van der Waals surface area contributed by atoms with Gasteiger partial charge < -0.3 is 10.4 Å². The van der Waals surface area contributed by atoms with Crippen molar-refractivity contribution in [3.05, 3.63) is 0 Å². The molecule has 1 saturated carbocycles. The first-order valence-corrected chi connectivity index (χ1v) is 9.43. The summed E-state index contributed by atoms with van der Waals surface area (Å²) in [5, 5.41) is 13.1. The minimum absolute atomic E-state index is 0.351. The molecule has 2 N–H and O–H groups in total. The van der Waals surface area contributed by atoms with E-state index in [-0.39, 0.29) is 0 Å². The van der Waals surface area contributed by atoms with Crippen LogP contribution in [0.5, 0.6) is 0 Å². The molecule has 0 radical (unpaired) electrons. The van der Waals surface area contributed by atoms with Gasteiger partial charge in [-0.25, -0.2) is 0 Å². The molecule has 3 atom stereocenters. The molecular weight excluding hydrogens is 260 g/mol. The summed E-state index contributed by atoms with van der Waals surface area (Å²) in [4.78, 5) is 2.70. The highest BCUT2D eigenvalue weighted by atomic mass is 16.3. The van der Waals surface area contributed by atoms with Gasteiger partial charge >= 0.3 is 0 Å². The molecule has 3 unspecified atom stereocenters. The van der Waals surface area contributed by atoms with E-state index < -0.39 is 0 Å². The molecule has 0 bridgehead atoms. The molecule has 0 spiro atoms. The van der Waals surface area contributed by atoms with Gasteiger partial charge in [0.25, 0.3) is 0 Å².